The van der Waals surface area contributed by atoms with Crippen LogP contribution in [-0.2, 0) is 4.74 Å². The molecule has 37 heavy (non-hydrogen) atoms. The number of fused-ring (bicyclic) bond motifs is 1. The van der Waals surface area contributed by atoms with E-state index in [1.165, 1.54) is 6.07 Å². The second-order valence-corrected chi connectivity index (χ2v) is 9.17. The van der Waals surface area contributed by atoms with Gasteiger partial charge >= 0.3 is 0 Å². The van der Waals surface area contributed by atoms with E-state index in [-0.39, 0.29) is 23.1 Å². The molecule has 3 aromatic heterocycles. The van der Waals surface area contributed by atoms with E-state index in [1.54, 1.807) is 12.4 Å². The van der Waals surface area contributed by atoms with Crippen LogP contribution in [0.15, 0.2) is 53.6 Å². The number of hydrogen-bond donors (Lipinski definition) is 3. The van der Waals surface area contributed by atoms with Crippen LogP contribution in [0.1, 0.15) is 30.4 Å². The molecule has 0 saturated carbocycles. The van der Waals surface area contributed by atoms with E-state index in [4.69, 9.17) is 4.74 Å². The molecule has 0 atom stereocenters. The number of carbonyl (C=O) groups excluding carboxylic acids is 1. The first-order chi connectivity index (χ1) is 18.0. The van der Waals surface area contributed by atoms with Gasteiger partial charge in [0.05, 0.1) is 29.8 Å². The Morgan fingerprint density at radius 3 is 2.78 bits per heavy atom. The summed E-state index contributed by atoms with van der Waals surface area (Å²) in [5.74, 6) is 0.917. The van der Waals surface area contributed by atoms with E-state index in [0.717, 1.165) is 19.6 Å². The maximum atomic E-state index is 13.1. The van der Waals surface area contributed by atoms with Crippen LogP contribution in [0.2, 0.25) is 0 Å². The Morgan fingerprint density at radius 2 is 1.97 bits per heavy atom. The van der Waals surface area contributed by atoms with Gasteiger partial charge in [0, 0.05) is 38.3 Å². The number of aromatic amines is 1. The van der Waals surface area contributed by atoms with Crippen molar-refractivity contribution in [2.45, 2.75) is 19.9 Å². The van der Waals surface area contributed by atoms with Crippen molar-refractivity contribution in [2.75, 3.05) is 44.7 Å². The number of H-pyrrole nitrogens is 1. The van der Waals surface area contributed by atoms with Gasteiger partial charge in [0.25, 0.3) is 5.91 Å². The summed E-state index contributed by atoms with van der Waals surface area (Å²) in [6.45, 7) is 8.46. The Kier molecular flexibility index (Phi) is 7.24. The van der Waals surface area contributed by atoms with Gasteiger partial charge in [-0.15, -0.1) is 10.2 Å². The number of pyridine rings is 2. The Labute approximate surface area is 213 Å². The number of aromatic nitrogens is 5. The average Bonchev–Trinajstić information content (AvgIpc) is 3.40. The standard InChI is InChI=1S/C26H30N8O3/c1-17(2)34-16-28-32-25(34)20-7-4-8-23(31-20)30-19-6-3-5-18-24(19)22(35)15-21(29-18)26(36)27-9-10-33-11-13-37-14-12-33/h3-8,15-17H,9-14H2,1-2H3,(H,27,36)(H,29,35)(H,30,31). The summed E-state index contributed by atoms with van der Waals surface area (Å²) in [7, 11) is 0. The first kappa shape index (κ1) is 24.6. The molecule has 0 radical (unpaired) electrons. The summed E-state index contributed by atoms with van der Waals surface area (Å²) in [6.07, 6.45) is 1.68. The van der Waals surface area contributed by atoms with E-state index in [0.29, 0.717) is 53.7 Å². The smallest absolute Gasteiger partial charge is 0.267 e. The Bertz CT molecular complexity index is 1460. The van der Waals surface area contributed by atoms with Crippen molar-refractivity contribution >= 4 is 28.3 Å². The van der Waals surface area contributed by atoms with E-state index in [2.05, 4.69) is 49.5 Å². The highest BCUT2D eigenvalue weighted by molar-refractivity contribution is 5.98. The second kappa shape index (κ2) is 10.9. The highest BCUT2D eigenvalue weighted by atomic mass is 16.5. The highest BCUT2D eigenvalue weighted by Gasteiger charge is 2.15. The number of carbonyl (C=O) groups is 1. The van der Waals surface area contributed by atoms with Crippen LogP contribution in [0.5, 0.6) is 0 Å². The van der Waals surface area contributed by atoms with Crippen LogP contribution in [0.3, 0.4) is 0 Å². The fraction of sp³-hybridized carbons (Fsp3) is 0.346. The van der Waals surface area contributed by atoms with Gasteiger partial charge in [-0.25, -0.2) is 4.98 Å². The van der Waals surface area contributed by atoms with Gasteiger partial charge in [-0.2, -0.15) is 0 Å². The van der Waals surface area contributed by atoms with Gasteiger partial charge in [0.15, 0.2) is 11.3 Å². The van der Waals surface area contributed by atoms with E-state index < -0.39 is 0 Å². The van der Waals surface area contributed by atoms with Crippen molar-refractivity contribution in [3.05, 3.63) is 64.7 Å². The number of ether oxygens (including phenoxy) is 1. The Morgan fingerprint density at radius 1 is 1.16 bits per heavy atom. The maximum absolute atomic E-state index is 13.1. The lowest BCUT2D eigenvalue weighted by atomic mass is 10.1. The molecule has 4 aromatic rings. The quantitative estimate of drug-likeness (QED) is 0.335. The monoisotopic (exact) mass is 502 g/mol. The Hall–Kier alpha value is -4.09. The largest absolute Gasteiger partial charge is 0.379 e. The zero-order valence-electron chi connectivity index (χ0n) is 20.9. The molecule has 192 valence electrons. The summed E-state index contributed by atoms with van der Waals surface area (Å²) < 4.78 is 7.30. The molecule has 0 aliphatic carbocycles. The zero-order chi connectivity index (χ0) is 25.8. The minimum atomic E-state index is -0.311. The number of nitrogens with zero attached hydrogens (tertiary/aromatic N) is 5. The third kappa shape index (κ3) is 5.52. The van der Waals surface area contributed by atoms with Crippen molar-refractivity contribution < 1.29 is 9.53 Å². The second-order valence-electron chi connectivity index (χ2n) is 9.17. The molecule has 1 aliphatic heterocycles. The molecule has 4 heterocycles. The third-order valence-electron chi connectivity index (χ3n) is 6.29. The first-order valence-electron chi connectivity index (χ1n) is 12.4. The van der Waals surface area contributed by atoms with Gasteiger partial charge in [-0.3, -0.25) is 14.5 Å². The molecule has 1 saturated heterocycles. The molecule has 3 N–H and O–H groups in total. The molecule has 0 bridgehead atoms. The predicted octanol–water partition coefficient (Wildman–Crippen LogP) is 2.57. The lowest BCUT2D eigenvalue weighted by Gasteiger charge is -2.26. The van der Waals surface area contributed by atoms with Gasteiger partial charge in [0.1, 0.15) is 23.5 Å². The van der Waals surface area contributed by atoms with Gasteiger partial charge in [0.2, 0.25) is 0 Å². The summed E-state index contributed by atoms with van der Waals surface area (Å²) in [6, 6.07) is 12.5. The Balaban J connectivity index is 1.34. The average molecular weight is 503 g/mol. The summed E-state index contributed by atoms with van der Waals surface area (Å²) in [4.78, 5) is 35.9. The number of rotatable bonds is 8. The van der Waals surface area contributed by atoms with Gasteiger partial charge in [-0.1, -0.05) is 12.1 Å². The zero-order valence-corrected chi connectivity index (χ0v) is 20.9. The molecule has 11 nitrogen and oxygen atoms in total. The van der Waals surface area contributed by atoms with Crippen molar-refractivity contribution in [1.29, 1.82) is 0 Å². The van der Waals surface area contributed by atoms with Crippen molar-refractivity contribution in [3.8, 4) is 11.5 Å². The SMILES string of the molecule is CC(C)n1cnnc1-c1cccc(Nc2cccc3[nH]c(C(=O)NCCN4CCOCC4)cc(=O)c23)n1. The highest BCUT2D eigenvalue weighted by Crippen LogP contribution is 2.25. The number of amides is 1. The number of morpholine rings is 1. The van der Waals surface area contributed by atoms with E-state index >= 15 is 0 Å². The van der Waals surface area contributed by atoms with Gasteiger partial charge < -0.3 is 24.9 Å². The lowest BCUT2D eigenvalue weighted by molar-refractivity contribution is 0.0383. The molecule has 1 aliphatic rings. The van der Waals surface area contributed by atoms with Crippen LogP contribution >= 0.6 is 0 Å². The molecule has 11 heteroatoms. The maximum Gasteiger partial charge on any atom is 0.267 e. The van der Waals surface area contributed by atoms with E-state index in [9.17, 15) is 9.59 Å². The molecular weight excluding hydrogens is 472 g/mol. The number of nitrogens with one attached hydrogen (secondary N) is 3. The fourth-order valence-corrected chi connectivity index (χ4v) is 4.35. The van der Waals surface area contributed by atoms with Crippen LogP contribution in [0.4, 0.5) is 11.5 Å². The molecule has 0 spiro atoms. The van der Waals surface area contributed by atoms with Crippen LogP contribution in [0.25, 0.3) is 22.4 Å². The summed E-state index contributed by atoms with van der Waals surface area (Å²) in [5, 5.41) is 14.8. The molecule has 1 fully saturated rings. The normalized spacial score (nSPS) is 14.2. The fourth-order valence-electron chi connectivity index (χ4n) is 4.35. The number of hydrogen-bond acceptors (Lipinski definition) is 8. The molecule has 0 unspecified atom stereocenters. The van der Waals surface area contributed by atoms with E-state index in [1.807, 2.05) is 34.9 Å². The molecular formula is C26H30N8O3. The minimum Gasteiger partial charge on any atom is -0.379 e. The van der Waals surface area contributed by atoms with Crippen molar-refractivity contribution in [1.82, 2.24) is 34.9 Å². The predicted molar refractivity (Wildman–Crippen MR) is 141 cm³/mol. The van der Waals surface area contributed by atoms with Crippen LogP contribution < -0.4 is 16.1 Å². The minimum absolute atomic E-state index is 0.186. The van der Waals surface area contributed by atoms with Crippen LogP contribution in [0, 0.1) is 0 Å². The topological polar surface area (TPSA) is 130 Å². The van der Waals surface area contributed by atoms with Crippen LogP contribution in [-0.4, -0.2) is 74.9 Å². The molecule has 5 rings (SSSR count). The number of anilines is 2. The van der Waals surface area contributed by atoms with Crippen molar-refractivity contribution in [3.63, 3.8) is 0 Å². The molecule has 1 aromatic carbocycles. The van der Waals surface area contributed by atoms with Gasteiger partial charge in [-0.05, 0) is 38.1 Å². The third-order valence-corrected chi connectivity index (χ3v) is 6.29. The number of benzene rings is 1. The summed E-state index contributed by atoms with van der Waals surface area (Å²) >= 11 is 0. The summed E-state index contributed by atoms with van der Waals surface area (Å²) in [5.41, 5.74) is 1.79. The lowest BCUT2D eigenvalue weighted by Crippen LogP contribution is -2.41. The first-order valence-corrected chi connectivity index (χ1v) is 12.4. The molecule has 1 amide bonds. The van der Waals surface area contributed by atoms with Crippen molar-refractivity contribution in [2.24, 2.45) is 0 Å².